The van der Waals surface area contributed by atoms with Crippen molar-refractivity contribution in [1.82, 2.24) is 10.2 Å². The molecule has 8 unspecified atom stereocenters. The van der Waals surface area contributed by atoms with Crippen molar-refractivity contribution in [3.05, 3.63) is 59.7 Å². The van der Waals surface area contributed by atoms with E-state index in [0.29, 0.717) is 12.0 Å². The minimum absolute atomic E-state index is 0.0638. The summed E-state index contributed by atoms with van der Waals surface area (Å²) in [5.74, 6) is -3.73. The van der Waals surface area contributed by atoms with Crippen molar-refractivity contribution >= 4 is 17.9 Å². The van der Waals surface area contributed by atoms with Crippen LogP contribution in [0.3, 0.4) is 0 Å². The Balaban J connectivity index is 2.04. The molecule has 0 bridgehead atoms. The van der Waals surface area contributed by atoms with E-state index in [4.69, 9.17) is 34.5 Å². The van der Waals surface area contributed by atoms with Gasteiger partial charge in [-0.3, -0.25) is 4.99 Å². The van der Waals surface area contributed by atoms with Crippen LogP contribution in [-0.2, 0) is 33.3 Å². The van der Waals surface area contributed by atoms with Crippen LogP contribution in [0.2, 0.25) is 0 Å². The second kappa shape index (κ2) is 18.8. The molecule has 9 N–H and O–H groups in total. The lowest BCUT2D eigenvalue weighted by molar-refractivity contribution is -0.348. The van der Waals surface area contributed by atoms with Crippen LogP contribution in [-0.4, -0.2) is 143 Å². The average molecular weight is 697 g/mol. The van der Waals surface area contributed by atoms with Crippen molar-refractivity contribution in [3.8, 4) is 0 Å². The lowest BCUT2D eigenvalue weighted by Crippen LogP contribution is -2.61. The number of allylic oxidation sites excluding steroid dienone is 2. The molecular weight excluding hydrogens is 648 g/mol. The maximum Gasteiger partial charge on any atom is 0.337 e. The van der Waals surface area contributed by atoms with Gasteiger partial charge in [-0.1, -0.05) is 18.2 Å². The maximum absolute atomic E-state index is 12.9. The molecule has 3 rings (SSSR count). The zero-order valence-corrected chi connectivity index (χ0v) is 27.8. The SMILES string of the molecule is C=CC1C(OC2OC(CO)C(O)C(O)C2OC(C)C)OC=C(C(=O)OC)C1C=CC1=CN(CCO)CC(C(=O)O)=C1NC(N)=NCCCO. The normalized spacial score (nSPS) is 29.4. The van der Waals surface area contributed by atoms with Crippen molar-refractivity contribution in [2.24, 2.45) is 22.6 Å². The number of ether oxygens (including phenoxy) is 5. The number of carboxylic acids is 1. The van der Waals surface area contributed by atoms with Crippen LogP contribution in [0.1, 0.15) is 20.3 Å². The summed E-state index contributed by atoms with van der Waals surface area (Å²) >= 11 is 0. The minimum Gasteiger partial charge on any atom is -0.478 e. The number of esters is 1. The first-order valence-electron chi connectivity index (χ1n) is 15.8. The van der Waals surface area contributed by atoms with Gasteiger partial charge in [-0.25, -0.2) is 9.59 Å². The molecular formula is C32H48N4O13. The van der Waals surface area contributed by atoms with Crippen LogP contribution in [0.15, 0.2) is 64.7 Å². The predicted octanol–water partition coefficient (Wildman–Crippen LogP) is -1.56. The van der Waals surface area contributed by atoms with Gasteiger partial charge in [0, 0.05) is 37.4 Å². The fraction of sp³-hybridized carbons (Fsp3) is 0.594. The summed E-state index contributed by atoms with van der Waals surface area (Å²) in [6, 6.07) is 0. The zero-order valence-electron chi connectivity index (χ0n) is 27.8. The van der Waals surface area contributed by atoms with Crippen molar-refractivity contribution in [2.45, 2.75) is 63.4 Å². The van der Waals surface area contributed by atoms with E-state index >= 15 is 0 Å². The summed E-state index contributed by atoms with van der Waals surface area (Å²) in [5, 5.41) is 62.6. The fourth-order valence-electron chi connectivity index (χ4n) is 5.49. The summed E-state index contributed by atoms with van der Waals surface area (Å²) in [5.41, 5.74) is 6.48. The van der Waals surface area contributed by atoms with Crippen molar-refractivity contribution < 1.29 is 63.9 Å². The largest absolute Gasteiger partial charge is 0.478 e. The highest BCUT2D eigenvalue weighted by molar-refractivity contribution is 5.92. The van der Waals surface area contributed by atoms with Crippen LogP contribution in [0.4, 0.5) is 0 Å². The second-order valence-corrected chi connectivity index (χ2v) is 11.7. The molecule has 17 nitrogen and oxygen atoms in total. The average Bonchev–Trinajstić information content (AvgIpc) is 3.07. The summed E-state index contributed by atoms with van der Waals surface area (Å²) in [6.07, 6.45) is -0.539. The number of nitrogens with zero attached hydrogens (tertiary/aromatic N) is 2. The van der Waals surface area contributed by atoms with Crippen LogP contribution in [0.25, 0.3) is 0 Å². The van der Waals surface area contributed by atoms with E-state index in [9.17, 15) is 35.1 Å². The number of β-amino-alcohol motifs (C(OH)–C–C–N with tert-alkyl or cyclic N) is 1. The molecule has 3 aliphatic heterocycles. The third-order valence-electron chi connectivity index (χ3n) is 7.89. The number of aliphatic hydroxyl groups is 5. The van der Waals surface area contributed by atoms with E-state index < -0.39 is 73.5 Å². The van der Waals surface area contributed by atoms with E-state index in [-0.39, 0.29) is 55.7 Å². The van der Waals surface area contributed by atoms with Gasteiger partial charge in [0.25, 0.3) is 0 Å². The number of carbonyl (C=O) groups excluding carboxylic acids is 1. The van der Waals surface area contributed by atoms with Gasteiger partial charge in [0.2, 0.25) is 6.29 Å². The van der Waals surface area contributed by atoms with Crippen molar-refractivity contribution in [1.29, 1.82) is 0 Å². The first-order chi connectivity index (χ1) is 23.4. The standard InChI is InChI=1S/C32H48N4O13/c1-5-19-20(8-7-18-13-36(10-12-38)14-21(28(42)43)24(18)35-32(33)34-9-6-11-37)22(29(44)45-4)16-46-30(19)49-31-27(47-17(2)3)26(41)25(40)23(15-39)48-31/h5,7-8,13,16-17,19-20,23,25-27,30-31,37-41H,1,6,9-12,14-15H2,2-4H3,(H,42,43)(H3,33,34,35). The third kappa shape index (κ3) is 10.1. The fourth-order valence-corrected chi connectivity index (χ4v) is 5.49. The molecule has 1 fully saturated rings. The summed E-state index contributed by atoms with van der Waals surface area (Å²) in [4.78, 5) is 31.0. The molecule has 3 aliphatic rings. The van der Waals surface area contributed by atoms with Crippen molar-refractivity contribution in [2.75, 3.05) is 46.6 Å². The summed E-state index contributed by atoms with van der Waals surface area (Å²) in [7, 11) is 1.19. The van der Waals surface area contributed by atoms with E-state index in [1.807, 2.05) is 0 Å². The number of hydrogen-bond acceptors (Lipinski definition) is 14. The molecule has 0 saturated carbocycles. The van der Waals surface area contributed by atoms with Gasteiger partial charge in [0.05, 0.1) is 62.0 Å². The molecule has 0 spiro atoms. The number of nitrogens with one attached hydrogen (secondary N) is 1. The van der Waals surface area contributed by atoms with Gasteiger partial charge in [0.1, 0.15) is 24.4 Å². The highest BCUT2D eigenvalue weighted by Gasteiger charge is 2.49. The Morgan fingerprint density at radius 3 is 2.53 bits per heavy atom. The number of carbonyl (C=O) groups is 2. The highest BCUT2D eigenvalue weighted by Crippen LogP contribution is 2.37. The number of aliphatic hydroxyl groups excluding tert-OH is 5. The maximum atomic E-state index is 12.9. The number of methoxy groups -OCH3 is 1. The Bertz CT molecular complexity index is 1310. The van der Waals surface area contributed by atoms with Crippen molar-refractivity contribution in [3.63, 3.8) is 0 Å². The first-order valence-corrected chi connectivity index (χ1v) is 15.8. The van der Waals surface area contributed by atoms with Crippen LogP contribution in [0.5, 0.6) is 0 Å². The number of nitrogens with two attached hydrogens (primary N) is 1. The molecule has 0 radical (unpaired) electrons. The number of aliphatic imine (C=N–C) groups is 1. The smallest absolute Gasteiger partial charge is 0.337 e. The summed E-state index contributed by atoms with van der Waals surface area (Å²) < 4.78 is 28.5. The number of guanidine groups is 1. The molecule has 0 aliphatic carbocycles. The van der Waals surface area contributed by atoms with Crippen LogP contribution >= 0.6 is 0 Å². The van der Waals surface area contributed by atoms with E-state index in [1.165, 1.54) is 13.2 Å². The van der Waals surface area contributed by atoms with E-state index in [2.05, 4.69) is 16.9 Å². The Hall–Kier alpha value is -3.81. The Morgan fingerprint density at radius 2 is 1.94 bits per heavy atom. The lowest BCUT2D eigenvalue weighted by Gasteiger charge is -2.44. The molecule has 0 aromatic rings. The summed E-state index contributed by atoms with van der Waals surface area (Å²) in [6.45, 7) is 6.60. The molecule has 274 valence electrons. The number of carboxylic acid groups (broad SMARTS) is 1. The number of hydrogen-bond donors (Lipinski definition) is 8. The zero-order chi connectivity index (χ0) is 36.2. The van der Waals surface area contributed by atoms with Gasteiger partial charge in [0.15, 0.2) is 12.2 Å². The Morgan fingerprint density at radius 1 is 1.20 bits per heavy atom. The van der Waals surface area contributed by atoms with Crippen LogP contribution in [0, 0.1) is 11.8 Å². The molecule has 0 aromatic carbocycles. The molecule has 1 saturated heterocycles. The molecule has 0 aromatic heterocycles. The molecule has 0 amide bonds. The van der Waals surface area contributed by atoms with E-state index in [1.54, 1.807) is 37.1 Å². The molecule has 49 heavy (non-hydrogen) atoms. The number of aliphatic carboxylic acids is 1. The predicted molar refractivity (Wildman–Crippen MR) is 173 cm³/mol. The Kier molecular flexibility index (Phi) is 15.2. The second-order valence-electron chi connectivity index (χ2n) is 11.7. The number of rotatable bonds is 16. The topological polar surface area (TPSA) is 255 Å². The lowest BCUT2D eigenvalue weighted by atomic mass is 9.83. The van der Waals surface area contributed by atoms with Gasteiger partial charge in [-0.05, 0) is 20.3 Å². The van der Waals surface area contributed by atoms with Gasteiger partial charge in [-0.15, -0.1) is 6.58 Å². The molecule has 17 heteroatoms. The first kappa shape index (κ1) is 39.6. The minimum atomic E-state index is -1.48. The van der Waals surface area contributed by atoms with Gasteiger partial charge < -0.3 is 70.3 Å². The van der Waals surface area contributed by atoms with Gasteiger partial charge in [-0.2, -0.15) is 0 Å². The van der Waals surface area contributed by atoms with Crippen LogP contribution < -0.4 is 11.1 Å². The molecule has 3 heterocycles. The highest BCUT2D eigenvalue weighted by atomic mass is 16.8. The third-order valence-corrected chi connectivity index (χ3v) is 7.89. The molecule has 8 atom stereocenters. The van der Waals surface area contributed by atoms with E-state index in [0.717, 1.165) is 6.26 Å². The Labute approximate surface area is 284 Å². The monoisotopic (exact) mass is 696 g/mol. The quantitative estimate of drug-likeness (QED) is 0.0299. The van der Waals surface area contributed by atoms with Gasteiger partial charge >= 0.3 is 11.9 Å².